The van der Waals surface area contributed by atoms with Crippen LogP contribution in [-0.4, -0.2) is 24.4 Å². The van der Waals surface area contributed by atoms with Gasteiger partial charge >= 0.3 is 0 Å². The molecular weight excluding hydrogens is 286 g/mol. The maximum absolute atomic E-state index is 12.1. The summed E-state index contributed by atoms with van der Waals surface area (Å²) in [6, 6.07) is 5.94. The third-order valence-electron chi connectivity index (χ3n) is 2.95. The number of anilines is 1. The number of nitrogens with two attached hydrogens (primary N) is 1. The minimum absolute atomic E-state index is 0.0479. The summed E-state index contributed by atoms with van der Waals surface area (Å²) in [4.78, 5) is 24.1. The van der Waals surface area contributed by atoms with Crippen LogP contribution in [-0.2, 0) is 4.79 Å². The smallest absolute Gasteiger partial charge is 0.263 e. The predicted molar refractivity (Wildman–Crippen MR) is 86.6 cm³/mol. The van der Waals surface area contributed by atoms with Gasteiger partial charge in [0.05, 0.1) is 12.2 Å². The first-order chi connectivity index (χ1) is 9.88. The number of fused-ring (bicyclic) bond motifs is 1. The van der Waals surface area contributed by atoms with Crippen molar-refractivity contribution in [2.75, 3.05) is 12.3 Å². The molecule has 0 atom stereocenters. The molecule has 1 aromatic carbocycles. The largest absolute Gasteiger partial charge is 0.397 e. The Kier molecular flexibility index (Phi) is 4.47. The number of nitrogen functional groups attached to an aromatic ring is 1. The lowest BCUT2D eigenvalue weighted by atomic mass is 10.1. The zero-order valence-corrected chi connectivity index (χ0v) is 13.1. The highest BCUT2D eigenvalue weighted by Gasteiger charge is 2.17. The van der Waals surface area contributed by atoms with Crippen molar-refractivity contribution in [3.63, 3.8) is 0 Å². The van der Waals surface area contributed by atoms with E-state index >= 15 is 0 Å². The number of thiophene rings is 1. The van der Waals surface area contributed by atoms with E-state index in [1.165, 1.54) is 11.3 Å². The maximum Gasteiger partial charge on any atom is 0.263 e. The lowest BCUT2D eigenvalue weighted by Crippen LogP contribution is -2.39. The number of hydrogen-bond donors (Lipinski definition) is 3. The van der Waals surface area contributed by atoms with E-state index in [0.29, 0.717) is 10.6 Å². The number of nitrogens with one attached hydrogen (secondary N) is 2. The van der Waals surface area contributed by atoms with Crippen molar-refractivity contribution in [3.05, 3.63) is 28.6 Å². The van der Waals surface area contributed by atoms with Gasteiger partial charge in [0.15, 0.2) is 0 Å². The van der Waals surface area contributed by atoms with Crippen LogP contribution in [0.2, 0.25) is 0 Å². The quantitative estimate of drug-likeness (QED) is 0.808. The summed E-state index contributed by atoms with van der Waals surface area (Å²) in [5.74, 6) is -0.529. The number of rotatable bonds is 4. The van der Waals surface area contributed by atoms with Crippen LogP contribution in [0.25, 0.3) is 10.1 Å². The molecule has 0 aliphatic carbocycles. The predicted octanol–water partition coefficient (Wildman–Crippen LogP) is 2.05. The monoisotopic (exact) mass is 305 g/mol. The normalized spacial score (nSPS) is 10.9. The Hall–Kier alpha value is -2.08. The number of hydrogen-bond acceptors (Lipinski definition) is 4. The fourth-order valence-electron chi connectivity index (χ4n) is 2.01. The van der Waals surface area contributed by atoms with Gasteiger partial charge in [-0.3, -0.25) is 9.59 Å². The van der Waals surface area contributed by atoms with Gasteiger partial charge in [-0.25, -0.2) is 0 Å². The fourth-order valence-corrected chi connectivity index (χ4v) is 3.03. The molecule has 5 nitrogen and oxygen atoms in total. The molecule has 0 aliphatic heterocycles. The maximum atomic E-state index is 12.1. The molecule has 2 amide bonds. The Labute approximate surface area is 127 Å². The summed E-state index contributed by atoms with van der Waals surface area (Å²) < 4.78 is 0.967. The van der Waals surface area contributed by atoms with Crippen LogP contribution < -0.4 is 16.4 Å². The van der Waals surface area contributed by atoms with Gasteiger partial charge in [0.2, 0.25) is 5.91 Å². The van der Waals surface area contributed by atoms with E-state index in [-0.39, 0.29) is 24.4 Å². The van der Waals surface area contributed by atoms with Crippen LogP contribution >= 0.6 is 11.3 Å². The summed E-state index contributed by atoms with van der Waals surface area (Å²) in [6.45, 7) is 5.66. The second-order valence-electron chi connectivity index (χ2n) is 5.25. The fraction of sp³-hybridized carbons (Fsp3) is 0.333. The Morgan fingerprint density at radius 2 is 2.05 bits per heavy atom. The molecule has 2 rings (SSSR count). The highest BCUT2D eigenvalue weighted by atomic mass is 32.1. The zero-order chi connectivity index (χ0) is 15.6. The summed E-state index contributed by atoms with van der Waals surface area (Å²) in [5.41, 5.74) is 7.61. The molecule has 0 saturated carbocycles. The van der Waals surface area contributed by atoms with Gasteiger partial charge in [0.1, 0.15) is 4.88 Å². The van der Waals surface area contributed by atoms with Crippen LogP contribution in [0.1, 0.15) is 29.1 Å². The van der Waals surface area contributed by atoms with Gasteiger partial charge < -0.3 is 16.4 Å². The third-order valence-corrected chi connectivity index (χ3v) is 4.13. The average Bonchev–Trinajstić information content (AvgIpc) is 2.73. The van der Waals surface area contributed by atoms with Crippen LogP contribution in [0, 0.1) is 6.92 Å². The van der Waals surface area contributed by atoms with E-state index in [0.717, 1.165) is 15.6 Å². The van der Waals surface area contributed by atoms with E-state index in [4.69, 9.17) is 5.73 Å². The van der Waals surface area contributed by atoms with E-state index in [1.807, 2.05) is 39.0 Å². The standard InChI is InChI=1S/C15H19N3O2S/c1-8(2)18-12(19)7-17-15(20)14-13(16)10-6-9(3)4-5-11(10)21-14/h4-6,8H,7,16H2,1-3H3,(H,17,20)(H,18,19). The number of aryl methyl sites for hydroxylation is 1. The van der Waals surface area contributed by atoms with Crippen LogP contribution in [0.4, 0.5) is 5.69 Å². The average molecular weight is 305 g/mol. The molecule has 0 fully saturated rings. The summed E-state index contributed by atoms with van der Waals surface area (Å²) in [6.07, 6.45) is 0. The van der Waals surface area contributed by atoms with Crippen LogP contribution in [0.15, 0.2) is 18.2 Å². The molecule has 0 radical (unpaired) electrons. The summed E-state index contributed by atoms with van der Waals surface area (Å²) in [5, 5.41) is 6.20. The van der Waals surface area contributed by atoms with Crippen molar-refractivity contribution in [3.8, 4) is 0 Å². The SMILES string of the molecule is Cc1ccc2sc(C(=O)NCC(=O)NC(C)C)c(N)c2c1. The van der Waals surface area contributed by atoms with E-state index in [9.17, 15) is 9.59 Å². The lowest BCUT2D eigenvalue weighted by Gasteiger charge is -2.08. The van der Waals surface area contributed by atoms with Crippen molar-refractivity contribution in [1.82, 2.24) is 10.6 Å². The van der Waals surface area contributed by atoms with E-state index in [2.05, 4.69) is 10.6 Å². The highest BCUT2D eigenvalue weighted by Crippen LogP contribution is 2.34. The number of carbonyl (C=O) groups excluding carboxylic acids is 2. The van der Waals surface area contributed by atoms with Crippen LogP contribution in [0.5, 0.6) is 0 Å². The second-order valence-corrected chi connectivity index (χ2v) is 6.30. The minimum Gasteiger partial charge on any atom is -0.397 e. The Bertz CT molecular complexity index is 692. The Morgan fingerprint density at radius 1 is 1.33 bits per heavy atom. The molecule has 112 valence electrons. The Morgan fingerprint density at radius 3 is 2.71 bits per heavy atom. The minimum atomic E-state index is -0.315. The molecule has 6 heteroatoms. The zero-order valence-electron chi connectivity index (χ0n) is 12.3. The molecule has 0 spiro atoms. The Balaban J connectivity index is 2.13. The molecule has 0 saturated heterocycles. The first kappa shape index (κ1) is 15.3. The van der Waals surface area contributed by atoms with Crippen LogP contribution in [0.3, 0.4) is 0 Å². The van der Waals surface area contributed by atoms with Crippen molar-refractivity contribution in [1.29, 1.82) is 0 Å². The molecule has 2 aromatic rings. The molecule has 4 N–H and O–H groups in total. The topological polar surface area (TPSA) is 84.2 Å². The molecule has 1 heterocycles. The molecular formula is C15H19N3O2S. The van der Waals surface area contributed by atoms with E-state index < -0.39 is 0 Å². The van der Waals surface area contributed by atoms with E-state index in [1.54, 1.807) is 0 Å². The second kappa shape index (κ2) is 6.13. The first-order valence-electron chi connectivity index (χ1n) is 6.74. The first-order valence-corrected chi connectivity index (χ1v) is 7.56. The number of amides is 2. The van der Waals surface area contributed by atoms with Crippen molar-refractivity contribution < 1.29 is 9.59 Å². The van der Waals surface area contributed by atoms with Gasteiger partial charge in [-0.1, -0.05) is 11.6 Å². The highest BCUT2D eigenvalue weighted by molar-refractivity contribution is 7.21. The third kappa shape index (κ3) is 3.52. The number of carbonyl (C=O) groups is 2. The van der Waals surface area contributed by atoms with Gasteiger partial charge in [-0.05, 0) is 32.9 Å². The molecule has 1 aromatic heterocycles. The molecule has 21 heavy (non-hydrogen) atoms. The van der Waals surface area contributed by atoms with Gasteiger partial charge in [-0.2, -0.15) is 0 Å². The molecule has 0 bridgehead atoms. The van der Waals surface area contributed by atoms with Crippen molar-refractivity contribution in [2.24, 2.45) is 0 Å². The molecule has 0 unspecified atom stereocenters. The van der Waals surface area contributed by atoms with Gasteiger partial charge in [0.25, 0.3) is 5.91 Å². The summed E-state index contributed by atoms with van der Waals surface area (Å²) >= 11 is 1.34. The summed E-state index contributed by atoms with van der Waals surface area (Å²) in [7, 11) is 0. The van der Waals surface area contributed by atoms with Crippen molar-refractivity contribution >= 4 is 38.9 Å². The van der Waals surface area contributed by atoms with Gasteiger partial charge in [-0.15, -0.1) is 11.3 Å². The van der Waals surface area contributed by atoms with Gasteiger partial charge in [0, 0.05) is 16.1 Å². The van der Waals surface area contributed by atoms with Crippen molar-refractivity contribution in [2.45, 2.75) is 26.8 Å². The molecule has 0 aliphatic rings. The number of benzene rings is 1. The lowest BCUT2D eigenvalue weighted by molar-refractivity contribution is -0.120.